The first-order chi connectivity index (χ1) is 8.79. The summed E-state index contributed by atoms with van der Waals surface area (Å²) in [6, 6.07) is 0. The minimum Gasteiger partial charge on any atom is -0.480 e. The van der Waals surface area contributed by atoms with Gasteiger partial charge >= 0.3 is 12.1 Å². The van der Waals surface area contributed by atoms with Crippen LogP contribution in [-0.2, 0) is 9.53 Å². The second-order valence-electron chi connectivity index (χ2n) is 4.87. The third-order valence-electron chi connectivity index (χ3n) is 3.37. The fourth-order valence-electron chi connectivity index (χ4n) is 2.48. The molecule has 0 heterocycles. The molecule has 0 amide bonds. The zero-order valence-electron chi connectivity index (χ0n) is 10.9. The van der Waals surface area contributed by atoms with Crippen LogP contribution in [0.2, 0.25) is 0 Å². The van der Waals surface area contributed by atoms with E-state index >= 15 is 0 Å². The van der Waals surface area contributed by atoms with Gasteiger partial charge in [-0.3, -0.25) is 4.79 Å². The number of likely N-dealkylation sites (N-methyl/N-ethyl adjacent to an activating group) is 1. The minimum atomic E-state index is -4.24. The number of halogens is 3. The van der Waals surface area contributed by atoms with E-state index in [4.69, 9.17) is 4.74 Å². The van der Waals surface area contributed by atoms with Gasteiger partial charge in [0, 0.05) is 6.42 Å². The summed E-state index contributed by atoms with van der Waals surface area (Å²) in [7, 11) is 0. The highest BCUT2D eigenvalue weighted by Gasteiger charge is 2.42. The summed E-state index contributed by atoms with van der Waals surface area (Å²) < 4.78 is 41.3. The van der Waals surface area contributed by atoms with Crippen molar-refractivity contribution in [3.05, 3.63) is 0 Å². The fourth-order valence-corrected chi connectivity index (χ4v) is 2.48. The molecular weight excluding hydrogens is 263 g/mol. The molecule has 0 aromatic rings. The van der Waals surface area contributed by atoms with E-state index in [1.165, 1.54) is 0 Å². The Morgan fingerprint density at radius 3 is 2.74 bits per heavy atom. The lowest BCUT2D eigenvalue weighted by molar-refractivity contribution is -0.157. The van der Waals surface area contributed by atoms with E-state index in [0.717, 1.165) is 0 Å². The predicted molar refractivity (Wildman–Crippen MR) is 62.9 cm³/mol. The van der Waals surface area contributed by atoms with Gasteiger partial charge in [-0.05, 0) is 25.8 Å². The second-order valence-corrected chi connectivity index (χ2v) is 4.87. The monoisotopic (exact) mass is 283 g/mol. The summed E-state index contributed by atoms with van der Waals surface area (Å²) in [6.45, 7) is 1.90. The molecule has 0 aromatic heterocycles. The third-order valence-corrected chi connectivity index (χ3v) is 3.37. The van der Waals surface area contributed by atoms with Crippen LogP contribution < -0.4 is 5.32 Å². The predicted octanol–water partition coefficient (Wildman–Crippen LogP) is 2.33. The van der Waals surface area contributed by atoms with Gasteiger partial charge in [-0.15, -0.1) is 0 Å². The second kappa shape index (κ2) is 6.56. The highest BCUT2D eigenvalue weighted by molar-refractivity contribution is 5.79. The number of ether oxygens (including phenoxy) is 1. The maximum Gasteiger partial charge on any atom is 0.391 e. The normalized spacial score (nSPS) is 28.3. The first kappa shape index (κ1) is 16.2. The molecule has 1 aliphatic carbocycles. The molecule has 2 unspecified atom stereocenters. The van der Waals surface area contributed by atoms with Crippen LogP contribution in [0, 0.1) is 0 Å². The number of carboxylic acid groups (broad SMARTS) is 1. The first-order valence-electron chi connectivity index (χ1n) is 6.46. The molecule has 112 valence electrons. The number of nitrogens with one attached hydrogen (secondary N) is 1. The molecule has 0 saturated heterocycles. The Bertz CT molecular complexity index is 305. The van der Waals surface area contributed by atoms with Crippen LogP contribution in [0.15, 0.2) is 0 Å². The van der Waals surface area contributed by atoms with Crippen LogP contribution in [0.5, 0.6) is 0 Å². The molecule has 7 heteroatoms. The van der Waals surface area contributed by atoms with Crippen molar-refractivity contribution in [1.29, 1.82) is 0 Å². The van der Waals surface area contributed by atoms with Gasteiger partial charge in [0.25, 0.3) is 0 Å². The first-order valence-corrected chi connectivity index (χ1v) is 6.46. The van der Waals surface area contributed by atoms with Crippen molar-refractivity contribution < 1.29 is 27.8 Å². The highest BCUT2D eigenvalue weighted by Crippen LogP contribution is 2.31. The Morgan fingerprint density at radius 1 is 1.53 bits per heavy atom. The summed E-state index contributed by atoms with van der Waals surface area (Å²) in [6.07, 6.45) is -3.71. The van der Waals surface area contributed by atoms with Crippen molar-refractivity contribution in [2.75, 3.05) is 13.2 Å². The van der Waals surface area contributed by atoms with Crippen LogP contribution in [0.3, 0.4) is 0 Å². The van der Waals surface area contributed by atoms with Gasteiger partial charge in [0.1, 0.15) is 5.54 Å². The van der Waals surface area contributed by atoms with Crippen molar-refractivity contribution in [2.45, 2.75) is 56.8 Å². The molecule has 0 aromatic carbocycles. The Morgan fingerprint density at radius 2 is 2.21 bits per heavy atom. The van der Waals surface area contributed by atoms with Crippen molar-refractivity contribution in [3.8, 4) is 0 Å². The van der Waals surface area contributed by atoms with Crippen molar-refractivity contribution in [1.82, 2.24) is 5.32 Å². The summed E-state index contributed by atoms with van der Waals surface area (Å²) >= 11 is 0. The summed E-state index contributed by atoms with van der Waals surface area (Å²) in [5.74, 6) is -0.960. The van der Waals surface area contributed by atoms with Gasteiger partial charge in [0.05, 0.1) is 19.1 Å². The number of rotatable bonds is 6. The lowest BCUT2D eigenvalue weighted by Gasteiger charge is -2.38. The maximum atomic E-state index is 12.0. The quantitative estimate of drug-likeness (QED) is 0.785. The molecular formula is C12H20F3NO3. The average molecular weight is 283 g/mol. The molecule has 0 spiro atoms. The highest BCUT2D eigenvalue weighted by atomic mass is 19.4. The van der Waals surface area contributed by atoms with E-state index in [9.17, 15) is 23.1 Å². The Hall–Kier alpha value is -0.820. The average Bonchev–Trinajstić information content (AvgIpc) is 2.28. The van der Waals surface area contributed by atoms with Crippen LogP contribution in [0.25, 0.3) is 0 Å². The Labute approximate surface area is 110 Å². The molecule has 0 radical (unpaired) electrons. The molecule has 0 bridgehead atoms. The Kier molecular flexibility index (Phi) is 5.61. The number of carbonyl (C=O) groups is 1. The third kappa shape index (κ3) is 4.99. The van der Waals surface area contributed by atoms with Crippen LogP contribution in [-0.4, -0.2) is 42.0 Å². The van der Waals surface area contributed by atoms with Crippen LogP contribution in [0.4, 0.5) is 13.2 Å². The number of carboxylic acids is 1. The van der Waals surface area contributed by atoms with Crippen LogP contribution in [0.1, 0.15) is 39.0 Å². The fraction of sp³-hybridized carbons (Fsp3) is 0.917. The topological polar surface area (TPSA) is 58.6 Å². The minimum absolute atomic E-state index is 0.216. The molecule has 1 fully saturated rings. The maximum absolute atomic E-state index is 12.0. The SMILES string of the molecule is CCNC1(C(=O)O)CCCC(OCCC(F)(F)F)C1. The van der Waals surface area contributed by atoms with Gasteiger partial charge in [-0.25, -0.2) is 0 Å². The van der Waals surface area contributed by atoms with Crippen molar-refractivity contribution in [2.24, 2.45) is 0 Å². The van der Waals surface area contributed by atoms with E-state index in [0.29, 0.717) is 25.8 Å². The van der Waals surface area contributed by atoms with E-state index in [1.807, 2.05) is 0 Å². The summed E-state index contributed by atoms with van der Waals surface area (Å²) in [5.41, 5.74) is -1.06. The molecule has 1 aliphatic rings. The zero-order valence-corrected chi connectivity index (χ0v) is 10.9. The summed E-state index contributed by atoms with van der Waals surface area (Å²) in [4.78, 5) is 11.3. The van der Waals surface area contributed by atoms with Gasteiger partial charge in [-0.1, -0.05) is 6.92 Å². The number of aliphatic carboxylic acids is 1. The lowest BCUT2D eigenvalue weighted by atomic mass is 9.80. The smallest absolute Gasteiger partial charge is 0.391 e. The van der Waals surface area contributed by atoms with Gasteiger partial charge in [-0.2, -0.15) is 13.2 Å². The van der Waals surface area contributed by atoms with E-state index < -0.39 is 36.8 Å². The van der Waals surface area contributed by atoms with E-state index in [-0.39, 0.29) is 6.42 Å². The van der Waals surface area contributed by atoms with Gasteiger partial charge < -0.3 is 15.2 Å². The molecule has 1 saturated carbocycles. The largest absolute Gasteiger partial charge is 0.480 e. The van der Waals surface area contributed by atoms with Crippen molar-refractivity contribution in [3.63, 3.8) is 0 Å². The lowest BCUT2D eigenvalue weighted by Crippen LogP contribution is -2.56. The van der Waals surface area contributed by atoms with Crippen LogP contribution >= 0.6 is 0 Å². The molecule has 4 nitrogen and oxygen atoms in total. The summed E-state index contributed by atoms with van der Waals surface area (Å²) in [5, 5.41) is 12.2. The molecule has 19 heavy (non-hydrogen) atoms. The van der Waals surface area contributed by atoms with Crippen molar-refractivity contribution >= 4 is 5.97 Å². The molecule has 0 aliphatic heterocycles. The number of alkyl halides is 3. The molecule has 2 N–H and O–H groups in total. The molecule has 2 atom stereocenters. The van der Waals surface area contributed by atoms with Gasteiger partial charge in [0.15, 0.2) is 0 Å². The van der Waals surface area contributed by atoms with E-state index in [2.05, 4.69) is 5.32 Å². The zero-order chi connectivity index (χ0) is 14.5. The number of hydrogen-bond donors (Lipinski definition) is 2. The van der Waals surface area contributed by atoms with E-state index in [1.54, 1.807) is 6.92 Å². The standard InChI is InChI=1S/C12H20F3NO3/c1-2-16-11(10(17)18)5-3-4-9(8-11)19-7-6-12(13,14)15/h9,16H,2-8H2,1H3,(H,17,18). The molecule has 1 rings (SSSR count). The number of hydrogen-bond acceptors (Lipinski definition) is 3. The van der Waals surface area contributed by atoms with Gasteiger partial charge in [0.2, 0.25) is 0 Å². The Balaban J connectivity index is 2.51.